The molecule has 1 saturated carbocycles. The van der Waals surface area contributed by atoms with Gasteiger partial charge in [0.05, 0.1) is 4.88 Å². The molecule has 1 aromatic rings. The van der Waals surface area contributed by atoms with Crippen molar-refractivity contribution in [3.63, 3.8) is 0 Å². The van der Waals surface area contributed by atoms with Crippen LogP contribution in [0.1, 0.15) is 36.4 Å². The molecule has 0 saturated heterocycles. The summed E-state index contributed by atoms with van der Waals surface area (Å²) in [5.41, 5.74) is 0.232. The molecule has 0 spiro atoms. The lowest BCUT2D eigenvalue weighted by Gasteiger charge is -2.19. The van der Waals surface area contributed by atoms with Gasteiger partial charge in [-0.25, -0.2) is 13.6 Å². The lowest BCUT2D eigenvalue weighted by Crippen LogP contribution is -2.32. The number of amides is 1. The van der Waals surface area contributed by atoms with Crippen molar-refractivity contribution < 1.29 is 13.2 Å². The number of nitrogens with two attached hydrogens (primary N) is 1. The molecular weight excluding hydrogens is 284 g/mol. The molecule has 1 aliphatic carbocycles. The topological polar surface area (TPSA) is 89.3 Å². The van der Waals surface area contributed by atoms with Crippen molar-refractivity contribution in [2.75, 3.05) is 6.54 Å². The van der Waals surface area contributed by atoms with Crippen LogP contribution in [0.15, 0.2) is 16.3 Å². The molecule has 1 aromatic heterocycles. The maximum Gasteiger partial charge on any atom is 0.261 e. The van der Waals surface area contributed by atoms with Crippen LogP contribution >= 0.6 is 11.3 Å². The van der Waals surface area contributed by atoms with Crippen LogP contribution in [0.5, 0.6) is 0 Å². The summed E-state index contributed by atoms with van der Waals surface area (Å²) in [5, 5.41) is 7.90. The third kappa shape index (κ3) is 3.16. The summed E-state index contributed by atoms with van der Waals surface area (Å²) in [7, 11) is -3.72. The molecule has 1 amide bonds. The first-order valence-electron chi connectivity index (χ1n) is 6.15. The van der Waals surface area contributed by atoms with Crippen LogP contribution in [0.3, 0.4) is 0 Å². The second kappa shape index (κ2) is 4.88. The van der Waals surface area contributed by atoms with Gasteiger partial charge in [-0.1, -0.05) is 13.8 Å². The third-order valence-electron chi connectivity index (χ3n) is 3.80. The number of hydrogen-bond donors (Lipinski definition) is 2. The van der Waals surface area contributed by atoms with Crippen LogP contribution < -0.4 is 10.5 Å². The number of hydrogen-bond acceptors (Lipinski definition) is 4. The van der Waals surface area contributed by atoms with Crippen molar-refractivity contribution in [1.29, 1.82) is 0 Å². The first-order valence-corrected chi connectivity index (χ1v) is 8.52. The first kappa shape index (κ1) is 14.5. The molecule has 7 heteroatoms. The SMILES string of the molecule is CC(C)C1(CNC(=O)c2ccc(S(N)(=O)=O)s2)CC1. The molecule has 0 aliphatic heterocycles. The molecule has 106 valence electrons. The first-order chi connectivity index (χ1) is 8.74. The lowest BCUT2D eigenvalue weighted by atomic mass is 9.92. The number of rotatable bonds is 5. The normalized spacial score (nSPS) is 17.5. The Bertz CT molecular complexity index is 586. The Morgan fingerprint density at radius 3 is 2.53 bits per heavy atom. The van der Waals surface area contributed by atoms with Crippen molar-refractivity contribution in [2.24, 2.45) is 16.5 Å². The van der Waals surface area contributed by atoms with Gasteiger partial charge in [-0.15, -0.1) is 11.3 Å². The Morgan fingerprint density at radius 2 is 2.11 bits per heavy atom. The van der Waals surface area contributed by atoms with Crippen molar-refractivity contribution in [3.05, 3.63) is 17.0 Å². The predicted molar refractivity (Wildman–Crippen MR) is 74.5 cm³/mol. The minimum absolute atomic E-state index is 0.0163. The van der Waals surface area contributed by atoms with Crippen molar-refractivity contribution in [1.82, 2.24) is 5.32 Å². The largest absolute Gasteiger partial charge is 0.351 e. The highest BCUT2D eigenvalue weighted by molar-refractivity contribution is 7.91. The molecule has 3 N–H and O–H groups in total. The van der Waals surface area contributed by atoms with E-state index in [1.54, 1.807) is 0 Å². The molecule has 0 unspecified atom stereocenters. The van der Waals surface area contributed by atoms with Gasteiger partial charge in [0.1, 0.15) is 4.21 Å². The Labute approximate surface area is 117 Å². The van der Waals surface area contributed by atoms with E-state index in [4.69, 9.17) is 5.14 Å². The van der Waals surface area contributed by atoms with E-state index in [0.717, 1.165) is 24.2 Å². The molecule has 1 heterocycles. The van der Waals surface area contributed by atoms with E-state index < -0.39 is 10.0 Å². The Morgan fingerprint density at radius 1 is 1.47 bits per heavy atom. The maximum atomic E-state index is 11.9. The second-order valence-corrected chi connectivity index (χ2v) is 8.24. The average Bonchev–Trinajstić information content (AvgIpc) is 2.92. The smallest absolute Gasteiger partial charge is 0.261 e. The van der Waals surface area contributed by atoms with Crippen LogP contribution in [-0.2, 0) is 10.0 Å². The van der Waals surface area contributed by atoms with Gasteiger partial charge in [0, 0.05) is 6.54 Å². The summed E-state index contributed by atoms with van der Waals surface area (Å²) in [6.45, 7) is 4.96. The molecule has 0 radical (unpaired) electrons. The number of nitrogens with one attached hydrogen (secondary N) is 1. The second-order valence-electron chi connectivity index (χ2n) is 5.36. The summed E-state index contributed by atoms with van der Waals surface area (Å²) in [5.74, 6) is 0.308. The Kier molecular flexibility index (Phi) is 3.72. The summed E-state index contributed by atoms with van der Waals surface area (Å²) in [4.78, 5) is 12.3. The molecule has 19 heavy (non-hydrogen) atoms. The fraction of sp³-hybridized carbons (Fsp3) is 0.583. The van der Waals surface area contributed by atoms with E-state index in [2.05, 4.69) is 19.2 Å². The van der Waals surface area contributed by atoms with Crippen LogP contribution in [0.4, 0.5) is 0 Å². The zero-order valence-electron chi connectivity index (χ0n) is 11.0. The molecule has 0 atom stereocenters. The van der Waals surface area contributed by atoms with Gasteiger partial charge in [0.15, 0.2) is 0 Å². The number of carbonyl (C=O) groups is 1. The zero-order chi connectivity index (χ0) is 14.3. The summed E-state index contributed by atoms with van der Waals surface area (Å²) >= 11 is 0.902. The molecule has 0 bridgehead atoms. The highest BCUT2D eigenvalue weighted by Crippen LogP contribution is 2.51. The Balaban J connectivity index is 1.99. The van der Waals surface area contributed by atoms with Gasteiger partial charge in [0.2, 0.25) is 10.0 Å². The fourth-order valence-corrected chi connectivity index (χ4v) is 3.70. The summed E-state index contributed by atoms with van der Waals surface area (Å²) in [6, 6.07) is 2.86. The van der Waals surface area contributed by atoms with E-state index >= 15 is 0 Å². The monoisotopic (exact) mass is 302 g/mol. The van der Waals surface area contributed by atoms with Gasteiger partial charge in [-0.2, -0.15) is 0 Å². The minimum atomic E-state index is -3.72. The van der Waals surface area contributed by atoms with Crippen molar-refractivity contribution in [3.8, 4) is 0 Å². The number of primary sulfonamides is 1. The molecule has 5 nitrogen and oxygen atoms in total. The van der Waals surface area contributed by atoms with E-state index in [1.807, 2.05) is 0 Å². The standard InChI is InChI=1S/C12H18N2O3S2/c1-8(2)12(5-6-12)7-14-11(15)9-3-4-10(18-9)19(13,16)17/h3-4,8H,5-7H2,1-2H3,(H,14,15)(H2,13,16,17). The van der Waals surface area contributed by atoms with E-state index in [9.17, 15) is 13.2 Å². The van der Waals surface area contributed by atoms with Crippen molar-refractivity contribution >= 4 is 27.3 Å². The number of carbonyl (C=O) groups excluding carboxylic acids is 1. The molecular formula is C12H18N2O3S2. The highest BCUT2D eigenvalue weighted by Gasteiger charge is 2.45. The summed E-state index contributed by atoms with van der Waals surface area (Å²) in [6.07, 6.45) is 2.27. The number of thiophene rings is 1. The maximum absolute atomic E-state index is 11.9. The molecule has 1 aliphatic rings. The predicted octanol–water partition coefficient (Wildman–Crippen LogP) is 1.56. The third-order valence-corrected chi connectivity index (χ3v) is 6.33. The quantitative estimate of drug-likeness (QED) is 0.865. The van der Waals surface area contributed by atoms with Crippen molar-refractivity contribution in [2.45, 2.75) is 30.9 Å². The minimum Gasteiger partial charge on any atom is -0.351 e. The number of sulfonamides is 1. The fourth-order valence-electron chi connectivity index (χ4n) is 2.06. The molecule has 2 rings (SSSR count). The van der Waals surface area contributed by atoms with Crippen LogP contribution in [0.2, 0.25) is 0 Å². The highest BCUT2D eigenvalue weighted by atomic mass is 32.2. The van der Waals surface area contributed by atoms with Gasteiger partial charge in [-0.05, 0) is 36.3 Å². The molecule has 1 fully saturated rings. The van der Waals surface area contributed by atoms with Crippen LogP contribution in [-0.4, -0.2) is 20.9 Å². The zero-order valence-corrected chi connectivity index (χ0v) is 12.6. The van der Waals surface area contributed by atoms with Gasteiger partial charge in [-0.3, -0.25) is 4.79 Å². The lowest BCUT2D eigenvalue weighted by molar-refractivity contribution is 0.0944. The molecule has 0 aromatic carbocycles. The Hall–Kier alpha value is -0.920. The van der Waals surface area contributed by atoms with E-state index in [0.29, 0.717) is 17.3 Å². The average molecular weight is 302 g/mol. The van der Waals surface area contributed by atoms with Crippen LogP contribution in [0, 0.1) is 11.3 Å². The van der Waals surface area contributed by atoms with Gasteiger partial charge >= 0.3 is 0 Å². The van der Waals surface area contributed by atoms with E-state index in [-0.39, 0.29) is 15.5 Å². The summed E-state index contributed by atoms with van der Waals surface area (Å²) < 4.78 is 22.3. The van der Waals surface area contributed by atoms with Gasteiger partial charge < -0.3 is 5.32 Å². The van der Waals surface area contributed by atoms with Crippen LogP contribution in [0.25, 0.3) is 0 Å². The van der Waals surface area contributed by atoms with Gasteiger partial charge in [0.25, 0.3) is 5.91 Å². The van der Waals surface area contributed by atoms with E-state index in [1.165, 1.54) is 12.1 Å².